The van der Waals surface area contributed by atoms with E-state index in [9.17, 15) is 14.7 Å². The third kappa shape index (κ3) is 4.83. The molecule has 0 aromatic heterocycles. The van der Waals surface area contributed by atoms with Gasteiger partial charge in [-0.15, -0.1) is 0 Å². The molecular formula is C26H32N4O4. The summed E-state index contributed by atoms with van der Waals surface area (Å²) in [5, 5.41) is 13.5. The second kappa shape index (κ2) is 9.56. The number of carbonyl (C=O) groups excluding carboxylic acids is 2. The van der Waals surface area contributed by atoms with Crippen molar-refractivity contribution in [3.63, 3.8) is 0 Å². The van der Waals surface area contributed by atoms with Crippen molar-refractivity contribution in [3.05, 3.63) is 70.8 Å². The van der Waals surface area contributed by atoms with Crippen LogP contribution in [0.2, 0.25) is 0 Å². The number of benzene rings is 2. The van der Waals surface area contributed by atoms with Crippen LogP contribution in [-0.4, -0.2) is 53.1 Å². The SMILES string of the molecule is COCCC(c1cccc(C(=O)N[C@@H]2c3ccccc3C[C@H]2O)c1)N1C(=O)CC(C)(C)N=C1N. The maximum Gasteiger partial charge on any atom is 0.251 e. The lowest BCUT2D eigenvalue weighted by atomic mass is 9.95. The van der Waals surface area contributed by atoms with E-state index in [2.05, 4.69) is 10.3 Å². The summed E-state index contributed by atoms with van der Waals surface area (Å²) in [4.78, 5) is 32.2. The average molecular weight is 465 g/mol. The van der Waals surface area contributed by atoms with E-state index in [1.165, 1.54) is 4.90 Å². The summed E-state index contributed by atoms with van der Waals surface area (Å²) < 4.78 is 5.28. The first-order valence-electron chi connectivity index (χ1n) is 11.5. The largest absolute Gasteiger partial charge is 0.390 e. The summed E-state index contributed by atoms with van der Waals surface area (Å²) in [5.41, 5.74) is 8.86. The number of hydrogen-bond donors (Lipinski definition) is 3. The molecule has 0 spiro atoms. The van der Waals surface area contributed by atoms with Crippen molar-refractivity contribution in [2.75, 3.05) is 13.7 Å². The molecule has 0 radical (unpaired) electrons. The summed E-state index contributed by atoms with van der Waals surface area (Å²) >= 11 is 0. The lowest BCUT2D eigenvalue weighted by molar-refractivity contribution is -0.131. The minimum atomic E-state index is -0.677. The molecule has 0 bridgehead atoms. The smallest absolute Gasteiger partial charge is 0.251 e. The third-order valence-corrected chi connectivity index (χ3v) is 6.45. The Labute approximate surface area is 199 Å². The number of carbonyl (C=O) groups is 2. The number of nitrogens with two attached hydrogens (primary N) is 1. The molecule has 0 saturated carbocycles. The van der Waals surface area contributed by atoms with Crippen LogP contribution in [-0.2, 0) is 16.0 Å². The number of aliphatic hydroxyl groups is 1. The van der Waals surface area contributed by atoms with Gasteiger partial charge in [0, 0.05) is 25.7 Å². The van der Waals surface area contributed by atoms with Crippen molar-refractivity contribution in [1.82, 2.24) is 10.2 Å². The zero-order valence-corrected chi connectivity index (χ0v) is 19.8. The molecule has 3 atom stereocenters. The van der Waals surface area contributed by atoms with Gasteiger partial charge in [0.1, 0.15) is 0 Å². The lowest BCUT2D eigenvalue weighted by Crippen LogP contribution is -2.51. The number of ether oxygens (including phenoxy) is 1. The zero-order valence-electron chi connectivity index (χ0n) is 19.8. The van der Waals surface area contributed by atoms with Crippen LogP contribution in [0.5, 0.6) is 0 Å². The molecular weight excluding hydrogens is 432 g/mol. The Bertz CT molecular complexity index is 1110. The molecule has 180 valence electrons. The highest BCUT2D eigenvalue weighted by Gasteiger charge is 2.37. The molecule has 2 aromatic rings. The van der Waals surface area contributed by atoms with Crippen LogP contribution in [0.25, 0.3) is 0 Å². The Morgan fingerprint density at radius 1 is 1.29 bits per heavy atom. The van der Waals surface area contributed by atoms with E-state index in [0.29, 0.717) is 25.0 Å². The van der Waals surface area contributed by atoms with Crippen molar-refractivity contribution in [2.45, 2.75) is 56.8 Å². The highest BCUT2D eigenvalue weighted by atomic mass is 16.5. The Balaban J connectivity index is 1.60. The fourth-order valence-electron chi connectivity index (χ4n) is 4.85. The molecule has 1 unspecified atom stereocenters. The summed E-state index contributed by atoms with van der Waals surface area (Å²) in [6.07, 6.45) is 0.575. The first-order chi connectivity index (χ1) is 16.2. The Hall–Kier alpha value is -3.23. The molecule has 2 aromatic carbocycles. The van der Waals surface area contributed by atoms with Gasteiger partial charge in [0.2, 0.25) is 5.91 Å². The van der Waals surface area contributed by atoms with E-state index in [1.54, 1.807) is 25.3 Å². The minimum absolute atomic E-state index is 0.112. The number of aliphatic imine (C=N–C) groups is 1. The molecule has 0 fully saturated rings. The van der Waals surface area contributed by atoms with Crippen LogP contribution in [0.15, 0.2) is 53.5 Å². The molecule has 1 heterocycles. The van der Waals surface area contributed by atoms with Crippen LogP contribution in [0.4, 0.5) is 0 Å². The van der Waals surface area contributed by atoms with Crippen LogP contribution in [0.3, 0.4) is 0 Å². The Morgan fingerprint density at radius 2 is 2.06 bits per heavy atom. The van der Waals surface area contributed by atoms with Crippen LogP contribution < -0.4 is 11.1 Å². The van der Waals surface area contributed by atoms with Gasteiger partial charge in [-0.2, -0.15) is 0 Å². The standard InChI is InChI=1S/C26H32N4O4/c1-26(2)15-22(32)30(25(27)29-26)20(11-12-34-3)17-8-6-9-18(13-17)24(33)28-23-19-10-5-4-7-16(19)14-21(23)31/h4-10,13,20-21,23,31H,11-12,14-15H2,1-3H3,(H2,27,29)(H,28,33)/t20?,21-,23-/m1/s1. The minimum Gasteiger partial charge on any atom is -0.390 e. The summed E-state index contributed by atoms with van der Waals surface area (Å²) in [6.45, 7) is 4.16. The number of hydrogen-bond acceptors (Lipinski definition) is 6. The lowest BCUT2D eigenvalue weighted by Gasteiger charge is -2.38. The molecule has 1 aliphatic heterocycles. The van der Waals surface area contributed by atoms with Crippen molar-refractivity contribution < 1.29 is 19.4 Å². The summed E-state index contributed by atoms with van der Waals surface area (Å²) in [7, 11) is 1.60. The van der Waals surface area contributed by atoms with Crippen LogP contribution in [0, 0.1) is 0 Å². The van der Waals surface area contributed by atoms with Gasteiger partial charge < -0.3 is 20.9 Å². The number of nitrogens with zero attached hydrogens (tertiary/aromatic N) is 2. The predicted molar refractivity (Wildman–Crippen MR) is 129 cm³/mol. The maximum absolute atomic E-state index is 13.2. The normalized spacial score (nSPS) is 22.2. The maximum atomic E-state index is 13.2. The predicted octanol–water partition coefficient (Wildman–Crippen LogP) is 2.48. The van der Waals surface area contributed by atoms with Crippen molar-refractivity contribution >= 4 is 17.8 Å². The number of rotatable bonds is 7. The first-order valence-corrected chi connectivity index (χ1v) is 11.5. The van der Waals surface area contributed by atoms with Gasteiger partial charge in [0.15, 0.2) is 5.96 Å². The van der Waals surface area contributed by atoms with Gasteiger partial charge in [0.05, 0.1) is 30.1 Å². The van der Waals surface area contributed by atoms with Gasteiger partial charge in [-0.25, -0.2) is 4.99 Å². The van der Waals surface area contributed by atoms with E-state index >= 15 is 0 Å². The quantitative estimate of drug-likeness (QED) is 0.582. The highest BCUT2D eigenvalue weighted by Crippen LogP contribution is 2.33. The molecule has 0 saturated heterocycles. The average Bonchev–Trinajstić information content (AvgIpc) is 3.10. The van der Waals surface area contributed by atoms with Gasteiger partial charge >= 0.3 is 0 Å². The van der Waals surface area contributed by atoms with E-state index < -0.39 is 23.7 Å². The Kier molecular flexibility index (Phi) is 6.72. The van der Waals surface area contributed by atoms with Crippen molar-refractivity contribution in [3.8, 4) is 0 Å². The molecule has 8 nitrogen and oxygen atoms in total. The molecule has 4 N–H and O–H groups in total. The number of aliphatic hydroxyl groups excluding tert-OH is 1. The van der Waals surface area contributed by atoms with Gasteiger partial charge in [0.25, 0.3) is 5.91 Å². The number of amides is 2. The van der Waals surface area contributed by atoms with Crippen molar-refractivity contribution in [2.24, 2.45) is 10.7 Å². The van der Waals surface area contributed by atoms with Gasteiger partial charge in [-0.1, -0.05) is 36.4 Å². The van der Waals surface area contributed by atoms with E-state index in [-0.39, 0.29) is 24.2 Å². The monoisotopic (exact) mass is 464 g/mol. The molecule has 2 amide bonds. The highest BCUT2D eigenvalue weighted by molar-refractivity contribution is 5.99. The number of fused-ring (bicyclic) bond motifs is 1. The number of guanidine groups is 1. The zero-order chi connectivity index (χ0) is 24.5. The fourth-order valence-corrected chi connectivity index (χ4v) is 4.85. The van der Waals surface area contributed by atoms with E-state index in [4.69, 9.17) is 10.5 Å². The van der Waals surface area contributed by atoms with Crippen LogP contribution >= 0.6 is 0 Å². The van der Waals surface area contributed by atoms with E-state index in [0.717, 1.165) is 16.7 Å². The molecule has 8 heteroatoms. The first kappa shape index (κ1) is 23.9. The second-order valence-electron chi connectivity index (χ2n) is 9.57. The Morgan fingerprint density at radius 3 is 2.79 bits per heavy atom. The van der Waals surface area contributed by atoms with E-state index in [1.807, 2.05) is 44.2 Å². The molecule has 1 aliphatic carbocycles. The molecule has 4 rings (SSSR count). The molecule has 34 heavy (non-hydrogen) atoms. The van der Waals surface area contributed by atoms with Crippen LogP contribution in [0.1, 0.15) is 65.8 Å². The topological polar surface area (TPSA) is 117 Å². The van der Waals surface area contributed by atoms with Gasteiger partial charge in [-0.3, -0.25) is 14.5 Å². The number of methoxy groups -OCH3 is 1. The molecule has 2 aliphatic rings. The number of nitrogens with one attached hydrogen (secondary N) is 1. The second-order valence-corrected chi connectivity index (χ2v) is 9.57. The fraction of sp³-hybridized carbons (Fsp3) is 0.423. The van der Waals surface area contributed by atoms with Gasteiger partial charge in [-0.05, 0) is 49.1 Å². The van der Waals surface area contributed by atoms with Crippen molar-refractivity contribution in [1.29, 1.82) is 0 Å². The summed E-state index contributed by atoms with van der Waals surface area (Å²) in [6, 6.07) is 14.0. The third-order valence-electron chi connectivity index (χ3n) is 6.45. The summed E-state index contributed by atoms with van der Waals surface area (Å²) in [5.74, 6) is -0.233.